The van der Waals surface area contributed by atoms with E-state index in [0.717, 1.165) is 12.8 Å². The molecule has 0 saturated heterocycles. The van der Waals surface area contributed by atoms with Crippen LogP contribution in [0.25, 0.3) is 0 Å². The highest BCUT2D eigenvalue weighted by atomic mass is 16.5. The predicted octanol–water partition coefficient (Wildman–Crippen LogP) is 1.33. The summed E-state index contributed by atoms with van der Waals surface area (Å²) in [4.78, 5) is 17.6. The van der Waals surface area contributed by atoms with Gasteiger partial charge in [-0.3, -0.25) is 4.79 Å². The maximum absolute atomic E-state index is 12.1. The number of aromatic nitrogens is 1. The molecule has 1 fully saturated rings. The average molecular weight is 236 g/mol. The number of carbonyl (C=O) groups is 1. The van der Waals surface area contributed by atoms with Crippen molar-refractivity contribution < 1.29 is 14.3 Å². The van der Waals surface area contributed by atoms with Crippen LogP contribution in [0.4, 0.5) is 0 Å². The van der Waals surface area contributed by atoms with Crippen molar-refractivity contribution in [2.24, 2.45) is 0 Å². The van der Waals surface area contributed by atoms with E-state index in [1.165, 1.54) is 12.0 Å². The molecule has 1 amide bonds. The van der Waals surface area contributed by atoms with Gasteiger partial charge in [-0.05, 0) is 18.9 Å². The summed E-state index contributed by atoms with van der Waals surface area (Å²) < 4.78 is 10.8. The van der Waals surface area contributed by atoms with Crippen molar-refractivity contribution in [3.8, 4) is 11.6 Å². The highest BCUT2D eigenvalue weighted by molar-refractivity contribution is 5.98. The Kier molecular flexibility index (Phi) is 3.17. The summed E-state index contributed by atoms with van der Waals surface area (Å²) in [6, 6.07) is 1.71. The molecule has 5 heteroatoms. The Morgan fingerprint density at radius 3 is 2.71 bits per heavy atom. The largest absolute Gasteiger partial charge is 0.489 e. The second-order valence-corrected chi connectivity index (χ2v) is 4.21. The third-order valence-electron chi connectivity index (χ3n) is 2.51. The summed E-state index contributed by atoms with van der Waals surface area (Å²) in [6.07, 6.45) is 3.90. The Morgan fingerprint density at radius 1 is 1.47 bits per heavy atom. The summed E-state index contributed by atoms with van der Waals surface area (Å²) in [5, 5.41) is 0. The van der Waals surface area contributed by atoms with Crippen LogP contribution in [0.15, 0.2) is 12.3 Å². The van der Waals surface area contributed by atoms with E-state index < -0.39 is 0 Å². The molecule has 1 aliphatic rings. The van der Waals surface area contributed by atoms with Crippen LogP contribution >= 0.6 is 0 Å². The van der Waals surface area contributed by atoms with Crippen LogP contribution in [0.1, 0.15) is 23.2 Å². The number of amides is 1. The Morgan fingerprint density at radius 2 is 2.18 bits per heavy atom. The van der Waals surface area contributed by atoms with Gasteiger partial charge in [0.05, 0.1) is 13.2 Å². The van der Waals surface area contributed by atoms with Gasteiger partial charge >= 0.3 is 0 Å². The van der Waals surface area contributed by atoms with E-state index in [2.05, 4.69) is 4.98 Å². The molecular weight excluding hydrogens is 220 g/mol. The Hall–Kier alpha value is -1.78. The SMILES string of the molecule is COc1nccc(OC2CC2)c1C(=O)N(C)C. The quantitative estimate of drug-likeness (QED) is 0.791. The van der Waals surface area contributed by atoms with E-state index in [4.69, 9.17) is 9.47 Å². The third-order valence-corrected chi connectivity index (χ3v) is 2.51. The molecule has 1 heterocycles. The van der Waals surface area contributed by atoms with Gasteiger partial charge in [0.2, 0.25) is 5.88 Å². The molecule has 1 aliphatic carbocycles. The molecule has 0 atom stereocenters. The van der Waals surface area contributed by atoms with E-state index >= 15 is 0 Å². The molecule has 1 aromatic heterocycles. The minimum absolute atomic E-state index is 0.161. The van der Waals surface area contributed by atoms with E-state index in [-0.39, 0.29) is 12.0 Å². The molecule has 0 spiro atoms. The molecule has 0 aromatic carbocycles. The van der Waals surface area contributed by atoms with Crippen molar-refractivity contribution in [1.82, 2.24) is 9.88 Å². The maximum Gasteiger partial charge on any atom is 0.262 e. The summed E-state index contributed by atoms with van der Waals surface area (Å²) in [5.74, 6) is 0.700. The minimum atomic E-state index is -0.161. The molecule has 92 valence electrons. The van der Waals surface area contributed by atoms with Gasteiger partial charge in [-0.15, -0.1) is 0 Å². The van der Waals surface area contributed by atoms with Gasteiger partial charge in [0.1, 0.15) is 11.3 Å². The number of methoxy groups -OCH3 is 1. The molecule has 1 saturated carbocycles. The molecular formula is C12H16N2O3. The fourth-order valence-electron chi connectivity index (χ4n) is 1.46. The van der Waals surface area contributed by atoms with E-state index in [9.17, 15) is 4.79 Å². The smallest absolute Gasteiger partial charge is 0.262 e. The third kappa shape index (κ3) is 2.49. The Balaban J connectivity index is 2.38. The van der Waals surface area contributed by atoms with E-state index in [0.29, 0.717) is 17.2 Å². The van der Waals surface area contributed by atoms with Gasteiger partial charge in [0.25, 0.3) is 5.91 Å². The molecule has 1 aromatic rings. The first kappa shape index (κ1) is 11.7. The number of nitrogens with zero attached hydrogens (tertiary/aromatic N) is 2. The van der Waals surface area contributed by atoms with Crippen LogP contribution in [0.2, 0.25) is 0 Å². The number of hydrogen-bond donors (Lipinski definition) is 0. The first-order valence-corrected chi connectivity index (χ1v) is 5.54. The highest BCUT2D eigenvalue weighted by Crippen LogP contribution is 2.32. The first-order valence-electron chi connectivity index (χ1n) is 5.54. The number of pyridine rings is 1. The van der Waals surface area contributed by atoms with Crippen LogP contribution in [-0.2, 0) is 0 Å². The molecule has 0 N–H and O–H groups in total. The molecule has 17 heavy (non-hydrogen) atoms. The van der Waals surface area contributed by atoms with Crippen LogP contribution in [-0.4, -0.2) is 43.1 Å². The summed E-state index contributed by atoms with van der Waals surface area (Å²) in [7, 11) is 4.88. The van der Waals surface area contributed by atoms with Crippen molar-refractivity contribution in [3.63, 3.8) is 0 Å². The number of carbonyl (C=O) groups excluding carboxylic acids is 1. The van der Waals surface area contributed by atoms with Gasteiger partial charge < -0.3 is 14.4 Å². The summed E-state index contributed by atoms with van der Waals surface area (Å²) in [5.41, 5.74) is 0.395. The first-order chi connectivity index (χ1) is 8.13. The zero-order valence-corrected chi connectivity index (χ0v) is 10.3. The van der Waals surface area contributed by atoms with Crippen molar-refractivity contribution in [3.05, 3.63) is 17.8 Å². The fourth-order valence-corrected chi connectivity index (χ4v) is 1.46. The molecule has 2 rings (SSSR count). The zero-order valence-electron chi connectivity index (χ0n) is 10.3. The summed E-state index contributed by atoms with van der Waals surface area (Å²) >= 11 is 0. The number of rotatable bonds is 4. The van der Waals surface area contributed by atoms with Crippen LogP contribution in [0.5, 0.6) is 11.6 Å². The Labute approximate surface area is 100 Å². The summed E-state index contributed by atoms with van der Waals surface area (Å²) in [6.45, 7) is 0. The number of ether oxygens (including phenoxy) is 2. The highest BCUT2D eigenvalue weighted by Gasteiger charge is 2.28. The van der Waals surface area contributed by atoms with Gasteiger partial charge in [0, 0.05) is 20.3 Å². The van der Waals surface area contributed by atoms with E-state index in [1.807, 2.05) is 0 Å². The molecule has 5 nitrogen and oxygen atoms in total. The van der Waals surface area contributed by atoms with Crippen molar-refractivity contribution in [2.45, 2.75) is 18.9 Å². The van der Waals surface area contributed by atoms with Crippen LogP contribution < -0.4 is 9.47 Å². The van der Waals surface area contributed by atoms with Crippen LogP contribution in [0, 0.1) is 0 Å². The topological polar surface area (TPSA) is 51.7 Å². The Bertz CT molecular complexity index is 428. The lowest BCUT2D eigenvalue weighted by Crippen LogP contribution is -2.23. The van der Waals surface area contributed by atoms with E-state index in [1.54, 1.807) is 26.4 Å². The predicted molar refractivity (Wildman–Crippen MR) is 62.5 cm³/mol. The van der Waals surface area contributed by atoms with Gasteiger partial charge in [0.15, 0.2) is 0 Å². The fraction of sp³-hybridized carbons (Fsp3) is 0.500. The normalized spacial score (nSPS) is 14.3. The molecule has 0 radical (unpaired) electrons. The van der Waals surface area contributed by atoms with Crippen LogP contribution in [0.3, 0.4) is 0 Å². The molecule has 0 bridgehead atoms. The molecule has 0 aliphatic heterocycles. The van der Waals surface area contributed by atoms with Crippen molar-refractivity contribution in [1.29, 1.82) is 0 Å². The van der Waals surface area contributed by atoms with Gasteiger partial charge in [-0.2, -0.15) is 0 Å². The lowest BCUT2D eigenvalue weighted by molar-refractivity contribution is 0.0818. The lowest BCUT2D eigenvalue weighted by Gasteiger charge is -2.16. The average Bonchev–Trinajstić information content (AvgIpc) is 3.11. The standard InChI is InChI=1S/C12H16N2O3/c1-14(2)12(15)10-9(17-8-4-5-8)6-7-13-11(10)16-3/h6-8H,4-5H2,1-3H3. The minimum Gasteiger partial charge on any atom is -0.489 e. The van der Waals surface area contributed by atoms with Gasteiger partial charge in [-0.25, -0.2) is 4.98 Å². The van der Waals surface area contributed by atoms with Crippen molar-refractivity contribution >= 4 is 5.91 Å². The van der Waals surface area contributed by atoms with Crippen molar-refractivity contribution in [2.75, 3.05) is 21.2 Å². The monoisotopic (exact) mass is 236 g/mol. The second-order valence-electron chi connectivity index (χ2n) is 4.21. The maximum atomic E-state index is 12.1. The second kappa shape index (κ2) is 4.61. The zero-order chi connectivity index (χ0) is 12.4. The molecule has 0 unspecified atom stereocenters. The van der Waals surface area contributed by atoms with Gasteiger partial charge in [-0.1, -0.05) is 0 Å². The lowest BCUT2D eigenvalue weighted by atomic mass is 10.2. The number of hydrogen-bond acceptors (Lipinski definition) is 4.